The number of rotatable bonds is 5. The molecule has 0 bridgehead atoms. The normalized spacial score (nSPS) is 13.6. The van der Waals surface area contributed by atoms with Gasteiger partial charge in [0.15, 0.2) is 0 Å². The molecule has 126 valence electrons. The summed E-state index contributed by atoms with van der Waals surface area (Å²) in [4.78, 5) is 23.9. The molecule has 1 aromatic heterocycles. The average Bonchev–Trinajstić information content (AvgIpc) is 3.39. The molecule has 6 nitrogen and oxygen atoms in total. The molecule has 0 spiro atoms. The van der Waals surface area contributed by atoms with E-state index in [-0.39, 0.29) is 17.8 Å². The van der Waals surface area contributed by atoms with Crippen LogP contribution in [0, 0.1) is 19.8 Å². The van der Waals surface area contributed by atoms with Gasteiger partial charge < -0.3 is 10.1 Å². The van der Waals surface area contributed by atoms with Crippen LogP contribution in [0.4, 0.5) is 5.69 Å². The van der Waals surface area contributed by atoms with Crippen LogP contribution in [0.3, 0.4) is 0 Å². The number of nitrogens with one attached hydrogen (secondary N) is 1. The lowest BCUT2D eigenvalue weighted by atomic mass is 10.1. The van der Waals surface area contributed by atoms with Gasteiger partial charge in [0.2, 0.25) is 5.91 Å². The van der Waals surface area contributed by atoms with Crippen LogP contribution in [0.1, 0.15) is 40.2 Å². The number of methoxy groups -OCH3 is 1. The van der Waals surface area contributed by atoms with Crippen molar-refractivity contribution >= 4 is 17.6 Å². The lowest BCUT2D eigenvalue weighted by Gasteiger charge is -2.10. The summed E-state index contributed by atoms with van der Waals surface area (Å²) in [5, 5.41) is 7.50. The number of carbonyl (C=O) groups excluding carboxylic acids is 2. The van der Waals surface area contributed by atoms with Crippen LogP contribution in [-0.4, -0.2) is 28.8 Å². The summed E-state index contributed by atoms with van der Waals surface area (Å²) in [6.07, 6.45) is 1.93. The Morgan fingerprint density at radius 1 is 1.29 bits per heavy atom. The second-order valence-corrected chi connectivity index (χ2v) is 6.12. The number of carbonyl (C=O) groups is 2. The van der Waals surface area contributed by atoms with Gasteiger partial charge in [-0.25, -0.2) is 4.79 Å². The molecular formula is C18H21N3O3. The highest BCUT2D eigenvalue weighted by Crippen LogP contribution is 2.31. The Labute approximate surface area is 140 Å². The van der Waals surface area contributed by atoms with E-state index in [2.05, 4.69) is 10.4 Å². The number of nitrogens with zero attached hydrogens (tertiary/aromatic N) is 2. The maximum Gasteiger partial charge on any atom is 0.338 e. The second kappa shape index (κ2) is 6.47. The van der Waals surface area contributed by atoms with E-state index >= 15 is 0 Å². The van der Waals surface area contributed by atoms with Crippen molar-refractivity contribution in [2.75, 3.05) is 12.4 Å². The van der Waals surface area contributed by atoms with Crippen LogP contribution < -0.4 is 5.32 Å². The number of hydrogen-bond donors (Lipinski definition) is 1. The minimum Gasteiger partial charge on any atom is -0.465 e. The third-order valence-corrected chi connectivity index (χ3v) is 4.32. The van der Waals surface area contributed by atoms with Gasteiger partial charge in [0.1, 0.15) is 0 Å². The molecule has 1 aromatic carbocycles. The first kappa shape index (κ1) is 16.2. The predicted molar refractivity (Wildman–Crippen MR) is 89.9 cm³/mol. The van der Waals surface area contributed by atoms with Crippen molar-refractivity contribution in [3.8, 4) is 0 Å². The number of benzene rings is 1. The molecule has 0 saturated heterocycles. The molecule has 6 heteroatoms. The van der Waals surface area contributed by atoms with Gasteiger partial charge in [-0.2, -0.15) is 5.10 Å². The maximum atomic E-state index is 12.0. The van der Waals surface area contributed by atoms with Gasteiger partial charge in [-0.3, -0.25) is 9.48 Å². The summed E-state index contributed by atoms with van der Waals surface area (Å²) in [5.41, 5.74) is 3.77. The van der Waals surface area contributed by atoms with E-state index in [1.165, 1.54) is 7.11 Å². The van der Waals surface area contributed by atoms with Crippen LogP contribution in [0.5, 0.6) is 0 Å². The van der Waals surface area contributed by atoms with Gasteiger partial charge in [-0.1, -0.05) is 18.2 Å². The highest BCUT2D eigenvalue weighted by molar-refractivity contribution is 5.95. The summed E-state index contributed by atoms with van der Waals surface area (Å²) < 4.78 is 6.64. The number of anilines is 1. The topological polar surface area (TPSA) is 73.2 Å². The largest absolute Gasteiger partial charge is 0.465 e. The van der Waals surface area contributed by atoms with Crippen molar-refractivity contribution in [1.82, 2.24) is 9.78 Å². The standard InChI is InChI=1S/C18H21N3O3/c1-11-16(19-17(22)13-8-9-13)12(2)21(20-11)10-14-6-4-5-7-15(14)18(23)24-3/h4-7,13H,8-10H2,1-3H3,(H,19,22). The van der Waals surface area contributed by atoms with E-state index in [9.17, 15) is 9.59 Å². The Morgan fingerprint density at radius 2 is 2.00 bits per heavy atom. The maximum absolute atomic E-state index is 12.0. The molecule has 2 aromatic rings. The van der Waals surface area contributed by atoms with Crippen molar-refractivity contribution in [2.45, 2.75) is 33.2 Å². The number of hydrogen-bond acceptors (Lipinski definition) is 4. The molecule has 24 heavy (non-hydrogen) atoms. The van der Waals surface area contributed by atoms with Crippen molar-refractivity contribution in [3.63, 3.8) is 0 Å². The lowest BCUT2D eigenvalue weighted by molar-refractivity contribution is -0.117. The first-order chi connectivity index (χ1) is 11.5. The molecule has 1 heterocycles. The summed E-state index contributed by atoms with van der Waals surface area (Å²) in [6.45, 7) is 4.23. The number of aromatic nitrogens is 2. The van der Waals surface area contributed by atoms with Crippen molar-refractivity contribution in [3.05, 3.63) is 46.8 Å². The lowest BCUT2D eigenvalue weighted by Crippen LogP contribution is -2.15. The van der Waals surface area contributed by atoms with Crippen molar-refractivity contribution in [2.24, 2.45) is 5.92 Å². The number of amides is 1. The fourth-order valence-corrected chi connectivity index (χ4v) is 2.73. The third kappa shape index (κ3) is 3.18. The first-order valence-electron chi connectivity index (χ1n) is 8.02. The van der Waals surface area contributed by atoms with Gasteiger partial charge >= 0.3 is 5.97 Å². The number of aryl methyl sites for hydroxylation is 1. The zero-order chi connectivity index (χ0) is 17.3. The predicted octanol–water partition coefficient (Wildman–Crippen LogP) is 2.68. The monoisotopic (exact) mass is 327 g/mol. The molecule has 0 radical (unpaired) electrons. The van der Waals surface area contributed by atoms with Crippen LogP contribution in [0.25, 0.3) is 0 Å². The molecule has 1 amide bonds. The quantitative estimate of drug-likeness (QED) is 0.857. The van der Waals surface area contributed by atoms with E-state index in [0.717, 1.165) is 35.5 Å². The van der Waals surface area contributed by atoms with Crippen LogP contribution in [0.2, 0.25) is 0 Å². The van der Waals surface area contributed by atoms with Gasteiger partial charge in [0, 0.05) is 5.92 Å². The van der Waals surface area contributed by atoms with E-state index in [0.29, 0.717) is 12.1 Å². The van der Waals surface area contributed by atoms with E-state index < -0.39 is 0 Å². The Hall–Kier alpha value is -2.63. The Morgan fingerprint density at radius 3 is 2.67 bits per heavy atom. The van der Waals surface area contributed by atoms with Crippen LogP contribution in [-0.2, 0) is 16.1 Å². The highest BCUT2D eigenvalue weighted by Gasteiger charge is 2.30. The van der Waals surface area contributed by atoms with E-state index in [1.54, 1.807) is 16.8 Å². The summed E-state index contributed by atoms with van der Waals surface area (Å²) in [5.74, 6) is -0.155. The van der Waals surface area contributed by atoms with E-state index in [4.69, 9.17) is 4.74 Å². The molecule has 1 fully saturated rings. The Balaban J connectivity index is 1.86. The van der Waals surface area contributed by atoms with Crippen LogP contribution in [0.15, 0.2) is 24.3 Å². The highest BCUT2D eigenvalue weighted by atomic mass is 16.5. The third-order valence-electron chi connectivity index (χ3n) is 4.32. The van der Waals surface area contributed by atoms with Gasteiger partial charge in [-0.15, -0.1) is 0 Å². The smallest absolute Gasteiger partial charge is 0.338 e. The zero-order valence-electron chi connectivity index (χ0n) is 14.1. The van der Waals surface area contributed by atoms with Crippen molar-refractivity contribution in [1.29, 1.82) is 0 Å². The molecule has 0 atom stereocenters. The fraction of sp³-hybridized carbons (Fsp3) is 0.389. The molecule has 1 aliphatic carbocycles. The van der Waals surface area contributed by atoms with Crippen molar-refractivity contribution < 1.29 is 14.3 Å². The SMILES string of the molecule is COC(=O)c1ccccc1Cn1nc(C)c(NC(=O)C2CC2)c1C. The zero-order valence-corrected chi connectivity index (χ0v) is 14.1. The Kier molecular flexibility index (Phi) is 4.38. The Bertz CT molecular complexity index is 791. The summed E-state index contributed by atoms with van der Waals surface area (Å²) in [7, 11) is 1.37. The second-order valence-electron chi connectivity index (χ2n) is 6.12. The van der Waals surface area contributed by atoms with E-state index in [1.807, 2.05) is 26.0 Å². The molecular weight excluding hydrogens is 306 g/mol. The first-order valence-corrected chi connectivity index (χ1v) is 8.02. The molecule has 1 saturated carbocycles. The van der Waals surface area contributed by atoms with Gasteiger partial charge in [0.25, 0.3) is 0 Å². The van der Waals surface area contributed by atoms with Crippen LogP contribution >= 0.6 is 0 Å². The molecule has 0 unspecified atom stereocenters. The minimum atomic E-state index is -0.366. The van der Waals surface area contributed by atoms with Gasteiger partial charge in [0.05, 0.1) is 36.3 Å². The average molecular weight is 327 g/mol. The number of esters is 1. The molecule has 1 aliphatic rings. The minimum absolute atomic E-state index is 0.0655. The summed E-state index contributed by atoms with van der Waals surface area (Å²) >= 11 is 0. The number of ether oxygens (including phenoxy) is 1. The molecule has 0 aliphatic heterocycles. The molecule has 1 N–H and O–H groups in total. The summed E-state index contributed by atoms with van der Waals surface area (Å²) in [6, 6.07) is 7.30. The fourth-order valence-electron chi connectivity index (χ4n) is 2.73. The van der Waals surface area contributed by atoms with Gasteiger partial charge in [-0.05, 0) is 38.3 Å². The molecule has 3 rings (SSSR count).